The van der Waals surface area contributed by atoms with Crippen LogP contribution in [-0.4, -0.2) is 58.3 Å². The Labute approximate surface area is 176 Å². The SMILES string of the molecule is C=CCCCCCCCCC[C@H](OS(C)(=O)=O)[C@H]1O[C@H](OC)[C@H]2OC(C)(C)O[C@H]21. The minimum atomic E-state index is -3.63. The Bertz CT molecular complexity index is 604. The van der Waals surface area contributed by atoms with Gasteiger partial charge >= 0.3 is 0 Å². The van der Waals surface area contributed by atoms with Crippen molar-refractivity contribution < 1.29 is 31.5 Å². The van der Waals surface area contributed by atoms with E-state index >= 15 is 0 Å². The van der Waals surface area contributed by atoms with E-state index in [-0.39, 0.29) is 0 Å². The van der Waals surface area contributed by atoms with Gasteiger partial charge in [-0.25, -0.2) is 0 Å². The summed E-state index contributed by atoms with van der Waals surface area (Å²) >= 11 is 0. The van der Waals surface area contributed by atoms with Crippen LogP contribution in [0, 0.1) is 0 Å². The molecule has 5 atom stereocenters. The van der Waals surface area contributed by atoms with Crippen molar-refractivity contribution in [1.82, 2.24) is 0 Å². The molecule has 170 valence electrons. The molecule has 0 aromatic carbocycles. The van der Waals surface area contributed by atoms with Crippen LogP contribution in [0.2, 0.25) is 0 Å². The lowest BCUT2D eigenvalue weighted by Crippen LogP contribution is -2.41. The van der Waals surface area contributed by atoms with Crippen LogP contribution in [0.5, 0.6) is 0 Å². The topological polar surface area (TPSA) is 80.3 Å². The third kappa shape index (κ3) is 7.92. The fourth-order valence-corrected chi connectivity index (χ4v) is 4.74. The first-order valence-corrected chi connectivity index (χ1v) is 12.5. The van der Waals surface area contributed by atoms with Crippen molar-refractivity contribution in [2.75, 3.05) is 13.4 Å². The van der Waals surface area contributed by atoms with Crippen LogP contribution in [0.1, 0.15) is 71.6 Å². The molecule has 0 saturated carbocycles. The maximum Gasteiger partial charge on any atom is 0.264 e. The number of hydrogen-bond donors (Lipinski definition) is 0. The molecule has 2 saturated heterocycles. The molecule has 7 nitrogen and oxygen atoms in total. The summed E-state index contributed by atoms with van der Waals surface area (Å²) in [5.74, 6) is -0.768. The molecule has 0 unspecified atom stereocenters. The Balaban J connectivity index is 1.87. The molecule has 0 spiro atoms. The van der Waals surface area contributed by atoms with Gasteiger partial charge in [0.05, 0.1) is 6.26 Å². The van der Waals surface area contributed by atoms with E-state index in [4.69, 9.17) is 23.1 Å². The molecular weight excluding hydrogens is 396 g/mol. The van der Waals surface area contributed by atoms with E-state index in [9.17, 15) is 8.42 Å². The van der Waals surface area contributed by atoms with E-state index in [2.05, 4.69) is 6.58 Å². The zero-order valence-electron chi connectivity index (χ0n) is 18.3. The summed E-state index contributed by atoms with van der Waals surface area (Å²) in [7, 11) is -2.09. The summed E-state index contributed by atoms with van der Waals surface area (Å²) in [6, 6.07) is 0. The Kier molecular flexibility index (Phi) is 9.57. The Morgan fingerprint density at radius 2 is 1.62 bits per heavy atom. The summed E-state index contributed by atoms with van der Waals surface area (Å²) in [6.07, 6.45) is 9.97. The molecule has 2 aliphatic heterocycles. The standard InChI is InChI=1S/C21H38O7S/c1-6-7-8-9-10-11-12-13-14-15-16(28-29(5,22)23)17-18-19(20(24-4)25-17)27-21(2,3)26-18/h6,16-20H,1,7-15H2,2-5H3/t16-,17+,18-,19-,20-/m0/s1. The van der Waals surface area contributed by atoms with E-state index in [1.807, 2.05) is 19.9 Å². The molecule has 2 rings (SSSR count). The largest absolute Gasteiger partial charge is 0.353 e. The average molecular weight is 435 g/mol. The first kappa shape index (κ1) is 24.8. The molecule has 0 aliphatic carbocycles. The fraction of sp³-hybridized carbons (Fsp3) is 0.905. The summed E-state index contributed by atoms with van der Waals surface area (Å²) in [6.45, 7) is 7.40. The van der Waals surface area contributed by atoms with Crippen molar-refractivity contribution in [3.8, 4) is 0 Å². The number of methoxy groups -OCH3 is 1. The maximum absolute atomic E-state index is 11.8. The number of hydrogen-bond acceptors (Lipinski definition) is 7. The summed E-state index contributed by atoms with van der Waals surface area (Å²) in [5.41, 5.74) is 0. The monoisotopic (exact) mass is 434 g/mol. The summed E-state index contributed by atoms with van der Waals surface area (Å²) in [5, 5.41) is 0. The number of fused-ring (bicyclic) bond motifs is 1. The highest BCUT2D eigenvalue weighted by molar-refractivity contribution is 7.86. The van der Waals surface area contributed by atoms with Crippen molar-refractivity contribution in [3.05, 3.63) is 12.7 Å². The van der Waals surface area contributed by atoms with Crippen LogP contribution in [0.25, 0.3) is 0 Å². The van der Waals surface area contributed by atoms with E-state index in [1.54, 1.807) is 7.11 Å². The van der Waals surface area contributed by atoms with E-state index < -0.39 is 46.6 Å². The van der Waals surface area contributed by atoms with Crippen molar-refractivity contribution in [2.45, 2.75) is 108 Å². The number of rotatable bonds is 14. The zero-order chi connectivity index (χ0) is 21.5. The summed E-state index contributed by atoms with van der Waals surface area (Å²) in [4.78, 5) is 0. The average Bonchev–Trinajstić information content (AvgIpc) is 3.11. The van der Waals surface area contributed by atoms with Gasteiger partial charge in [-0.2, -0.15) is 8.42 Å². The quantitative estimate of drug-likeness (QED) is 0.233. The molecule has 2 fully saturated rings. The van der Waals surface area contributed by atoms with Gasteiger partial charge in [-0.05, 0) is 33.1 Å². The minimum absolute atomic E-state index is 0.402. The second-order valence-electron chi connectivity index (χ2n) is 8.45. The van der Waals surface area contributed by atoms with Gasteiger partial charge in [0, 0.05) is 7.11 Å². The second-order valence-corrected chi connectivity index (χ2v) is 10.0. The number of allylic oxidation sites excluding steroid dienone is 1. The van der Waals surface area contributed by atoms with Gasteiger partial charge in [-0.3, -0.25) is 4.18 Å². The molecule has 0 aromatic rings. The second kappa shape index (κ2) is 11.2. The van der Waals surface area contributed by atoms with Gasteiger partial charge in [-0.15, -0.1) is 6.58 Å². The molecule has 0 radical (unpaired) electrons. The molecule has 2 aliphatic rings. The normalized spacial score (nSPS) is 29.7. The minimum Gasteiger partial charge on any atom is -0.353 e. The summed E-state index contributed by atoms with van der Waals surface area (Å²) < 4.78 is 52.3. The van der Waals surface area contributed by atoms with Gasteiger partial charge in [0.1, 0.15) is 24.4 Å². The Hall–Kier alpha value is -0.510. The third-order valence-electron chi connectivity index (χ3n) is 5.34. The molecule has 0 bridgehead atoms. The maximum atomic E-state index is 11.8. The molecular formula is C21H38O7S. The van der Waals surface area contributed by atoms with Gasteiger partial charge in [0.15, 0.2) is 12.1 Å². The first-order valence-electron chi connectivity index (χ1n) is 10.7. The fourth-order valence-electron chi connectivity index (χ4n) is 4.09. The van der Waals surface area contributed by atoms with E-state index in [0.29, 0.717) is 6.42 Å². The molecule has 2 heterocycles. The van der Waals surface area contributed by atoms with E-state index in [0.717, 1.165) is 31.9 Å². The Morgan fingerprint density at radius 3 is 2.21 bits per heavy atom. The molecule has 0 amide bonds. The number of ether oxygens (including phenoxy) is 4. The van der Waals surface area contributed by atoms with Crippen LogP contribution in [0.3, 0.4) is 0 Å². The van der Waals surface area contributed by atoms with Crippen molar-refractivity contribution in [1.29, 1.82) is 0 Å². The lowest BCUT2D eigenvalue weighted by molar-refractivity contribution is -0.235. The highest BCUT2D eigenvalue weighted by Crippen LogP contribution is 2.41. The van der Waals surface area contributed by atoms with E-state index in [1.165, 1.54) is 25.7 Å². The lowest BCUT2D eigenvalue weighted by atomic mass is 10.00. The highest BCUT2D eigenvalue weighted by atomic mass is 32.2. The van der Waals surface area contributed by atoms with Crippen LogP contribution in [-0.2, 0) is 33.2 Å². The van der Waals surface area contributed by atoms with Crippen molar-refractivity contribution >= 4 is 10.1 Å². The highest BCUT2D eigenvalue weighted by Gasteiger charge is 2.58. The van der Waals surface area contributed by atoms with Gasteiger partial charge in [-0.1, -0.05) is 44.6 Å². The van der Waals surface area contributed by atoms with Gasteiger partial charge in [0.2, 0.25) is 0 Å². The van der Waals surface area contributed by atoms with Crippen LogP contribution < -0.4 is 0 Å². The van der Waals surface area contributed by atoms with Crippen LogP contribution in [0.15, 0.2) is 12.7 Å². The molecule has 0 aromatic heterocycles. The van der Waals surface area contributed by atoms with Crippen LogP contribution in [0.4, 0.5) is 0 Å². The smallest absolute Gasteiger partial charge is 0.264 e. The predicted molar refractivity (Wildman–Crippen MR) is 111 cm³/mol. The molecule has 29 heavy (non-hydrogen) atoms. The van der Waals surface area contributed by atoms with Crippen molar-refractivity contribution in [2.24, 2.45) is 0 Å². The first-order chi connectivity index (χ1) is 13.7. The van der Waals surface area contributed by atoms with Crippen LogP contribution >= 0.6 is 0 Å². The van der Waals surface area contributed by atoms with Gasteiger partial charge < -0.3 is 18.9 Å². The number of unbranched alkanes of at least 4 members (excludes halogenated alkanes) is 7. The molecule has 8 heteroatoms. The predicted octanol–water partition coefficient (Wildman–Crippen LogP) is 3.92. The van der Waals surface area contributed by atoms with Crippen molar-refractivity contribution in [3.63, 3.8) is 0 Å². The van der Waals surface area contributed by atoms with Gasteiger partial charge in [0.25, 0.3) is 10.1 Å². The molecule has 0 N–H and O–H groups in total. The zero-order valence-corrected chi connectivity index (χ0v) is 19.1. The Morgan fingerprint density at radius 1 is 1.03 bits per heavy atom. The third-order valence-corrected chi connectivity index (χ3v) is 5.94. The lowest BCUT2D eigenvalue weighted by Gasteiger charge is -2.28.